The minimum Gasteiger partial charge on any atom is -0.422 e. The molecule has 0 aliphatic carbocycles. The average Bonchev–Trinajstić information content (AvgIpc) is 2.73. The fourth-order valence-corrected chi connectivity index (χ4v) is 5.51. The lowest BCUT2D eigenvalue weighted by Gasteiger charge is -2.14. The molecular weight excluding hydrogens is 400 g/mol. The maximum absolute atomic E-state index is 13.3. The fourth-order valence-electron chi connectivity index (χ4n) is 3.93. The highest BCUT2D eigenvalue weighted by molar-refractivity contribution is 7.91. The molecule has 0 aliphatic heterocycles. The minimum atomic E-state index is -3.97. The molecule has 0 saturated heterocycles. The van der Waals surface area contributed by atoms with Gasteiger partial charge in [0.05, 0.1) is 21.2 Å². The summed E-state index contributed by atoms with van der Waals surface area (Å²) in [7, 11) is -3.97. The van der Waals surface area contributed by atoms with Crippen LogP contribution in [0.25, 0.3) is 32.6 Å². The lowest BCUT2D eigenvalue weighted by atomic mass is 10.0. The lowest BCUT2D eigenvalue weighted by molar-refractivity contribution is 0.569. The first-order chi connectivity index (χ1) is 14.4. The van der Waals surface area contributed by atoms with Crippen LogP contribution >= 0.6 is 0 Å². The highest BCUT2D eigenvalue weighted by Crippen LogP contribution is 2.36. The van der Waals surface area contributed by atoms with Gasteiger partial charge in [-0.05, 0) is 41.5 Å². The Bertz CT molecular complexity index is 1640. The van der Waals surface area contributed by atoms with Crippen molar-refractivity contribution in [1.29, 1.82) is 0 Å². The van der Waals surface area contributed by atoms with Gasteiger partial charge in [0, 0.05) is 0 Å². The molecule has 0 saturated carbocycles. The van der Waals surface area contributed by atoms with Gasteiger partial charge in [0.25, 0.3) is 0 Å². The van der Waals surface area contributed by atoms with Crippen LogP contribution in [0.1, 0.15) is 5.56 Å². The molecule has 2 N–H and O–H groups in total. The van der Waals surface area contributed by atoms with E-state index in [4.69, 9.17) is 10.2 Å². The maximum Gasteiger partial charge on any atom is 0.346 e. The van der Waals surface area contributed by atoms with Gasteiger partial charge in [0.2, 0.25) is 9.84 Å². The van der Waals surface area contributed by atoms with Crippen molar-refractivity contribution >= 4 is 48.3 Å². The molecule has 5 aromatic rings. The molecule has 5 rings (SSSR count). The van der Waals surface area contributed by atoms with Gasteiger partial charge in [-0.15, -0.1) is 0 Å². The zero-order valence-corrected chi connectivity index (χ0v) is 16.7. The van der Waals surface area contributed by atoms with Gasteiger partial charge >= 0.3 is 5.63 Å². The normalized spacial score (nSPS) is 12.0. The smallest absolute Gasteiger partial charge is 0.346 e. The van der Waals surface area contributed by atoms with Gasteiger partial charge in [-0.2, -0.15) is 0 Å². The van der Waals surface area contributed by atoms with Crippen LogP contribution in [0.15, 0.2) is 85.7 Å². The maximum atomic E-state index is 13.3. The zero-order valence-electron chi connectivity index (χ0n) is 15.9. The average molecular weight is 416 g/mol. The second-order valence-corrected chi connectivity index (χ2v) is 8.93. The second kappa shape index (κ2) is 6.40. The van der Waals surface area contributed by atoms with Crippen molar-refractivity contribution in [2.24, 2.45) is 0 Å². The molecule has 6 nitrogen and oxygen atoms in total. The molecule has 0 atom stereocenters. The number of anilines is 1. The van der Waals surface area contributed by atoms with E-state index >= 15 is 0 Å². The van der Waals surface area contributed by atoms with Crippen LogP contribution < -0.4 is 11.4 Å². The number of aryl methyl sites for hydroxylation is 1. The highest BCUT2D eigenvalue weighted by Gasteiger charge is 2.27. The van der Waals surface area contributed by atoms with E-state index in [0.717, 1.165) is 10.8 Å². The van der Waals surface area contributed by atoms with Gasteiger partial charge < -0.3 is 10.2 Å². The van der Waals surface area contributed by atoms with Crippen LogP contribution in [0.3, 0.4) is 0 Å². The summed E-state index contributed by atoms with van der Waals surface area (Å²) in [4.78, 5) is 17.1. The van der Waals surface area contributed by atoms with Crippen LogP contribution in [-0.4, -0.2) is 13.4 Å². The molecule has 2 aromatic heterocycles. The van der Waals surface area contributed by atoms with E-state index in [1.165, 1.54) is 12.1 Å². The molecule has 0 amide bonds. The number of nitrogen functional groups attached to an aromatic ring is 1. The van der Waals surface area contributed by atoms with Crippen LogP contribution in [0.5, 0.6) is 0 Å². The molecular formula is C23H16N2O4S. The van der Waals surface area contributed by atoms with E-state index in [1.807, 2.05) is 30.3 Å². The molecule has 0 spiro atoms. The number of nitrogens with two attached hydrogens (primary N) is 1. The van der Waals surface area contributed by atoms with Crippen LogP contribution in [-0.2, 0) is 9.84 Å². The molecule has 0 unspecified atom stereocenters. The monoisotopic (exact) mass is 416 g/mol. The first kappa shape index (κ1) is 18.3. The van der Waals surface area contributed by atoms with Gasteiger partial charge in [-0.3, -0.25) is 0 Å². The number of aromatic nitrogens is 1. The van der Waals surface area contributed by atoms with E-state index < -0.39 is 15.5 Å². The summed E-state index contributed by atoms with van der Waals surface area (Å²) in [5, 5.41) is 2.52. The number of nitrogens with zero attached hydrogens (tertiary/aromatic N) is 1. The number of pyridine rings is 1. The fraction of sp³-hybridized carbons (Fsp3) is 0.0435. The molecule has 30 heavy (non-hydrogen) atoms. The van der Waals surface area contributed by atoms with E-state index in [2.05, 4.69) is 4.98 Å². The molecule has 0 fully saturated rings. The van der Waals surface area contributed by atoms with Gasteiger partial charge in [-0.25, -0.2) is 18.2 Å². The summed E-state index contributed by atoms with van der Waals surface area (Å²) in [6.07, 6.45) is 0. The van der Waals surface area contributed by atoms with E-state index in [-0.39, 0.29) is 26.6 Å². The van der Waals surface area contributed by atoms with Crippen molar-refractivity contribution in [3.63, 3.8) is 0 Å². The Morgan fingerprint density at radius 1 is 0.900 bits per heavy atom. The number of hydrogen-bond acceptors (Lipinski definition) is 6. The van der Waals surface area contributed by atoms with Gasteiger partial charge in [-0.1, -0.05) is 48.5 Å². The quantitative estimate of drug-likeness (QED) is 0.341. The second-order valence-electron chi connectivity index (χ2n) is 7.04. The minimum absolute atomic E-state index is 0.0802. The Hall–Kier alpha value is -3.71. The predicted octanol–water partition coefficient (Wildman–Crippen LogP) is 4.22. The molecule has 2 heterocycles. The summed E-state index contributed by atoms with van der Waals surface area (Å²) in [6.45, 7) is 1.56. The molecule has 0 radical (unpaired) electrons. The summed E-state index contributed by atoms with van der Waals surface area (Å²) in [6, 6.07) is 19.1. The Balaban J connectivity index is 1.97. The van der Waals surface area contributed by atoms with Crippen LogP contribution in [0.4, 0.5) is 5.82 Å². The Morgan fingerprint density at radius 2 is 1.60 bits per heavy atom. The van der Waals surface area contributed by atoms with Crippen molar-refractivity contribution in [1.82, 2.24) is 4.98 Å². The Labute approximate surface area is 171 Å². The van der Waals surface area contributed by atoms with Gasteiger partial charge in [0.1, 0.15) is 16.3 Å². The van der Waals surface area contributed by atoms with Gasteiger partial charge in [0.15, 0.2) is 0 Å². The van der Waals surface area contributed by atoms with E-state index in [1.54, 1.807) is 31.2 Å². The number of sulfone groups is 1. The summed E-state index contributed by atoms with van der Waals surface area (Å²) in [5.74, 6) is -0.149. The molecule has 0 bridgehead atoms. The summed E-state index contributed by atoms with van der Waals surface area (Å²) in [5.41, 5.74) is 6.45. The SMILES string of the molecule is Cc1c(S(=O)(=O)c2ccccc2)c(N)nc2c1c(=O)oc1ccc3ccccc3c12. The summed E-state index contributed by atoms with van der Waals surface area (Å²) >= 11 is 0. The van der Waals surface area contributed by atoms with Crippen molar-refractivity contribution in [3.05, 3.63) is 82.7 Å². The first-order valence-corrected chi connectivity index (χ1v) is 10.7. The Morgan fingerprint density at radius 3 is 2.37 bits per heavy atom. The molecule has 7 heteroatoms. The first-order valence-electron chi connectivity index (χ1n) is 9.24. The third-order valence-electron chi connectivity index (χ3n) is 5.27. The number of benzene rings is 3. The molecule has 148 valence electrons. The van der Waals surface area contributed by atoms with Crippen molar-refractivity contribution in [3.8, 4) is 0 Å². The molecule has 0 aliphatic rings. The third kappa shape index (κ3) is 2.52. The van der Waals surface area contributed by atoms with Crippen LogP contribution in [0.2, 0.25) is 0 Å². The van der Waals surface area contributed by atoms with Crippen molar-refractivity contribution in [2.45, 2.75) is 16.7 Å². The van der Waals surface area contributed by atoms with Crippen LogP contribution in [0, 0.1) is 6.92 Å². The zero-order chi connectivity index (χ0) is 21.0. The van der Waals surface area contributed by atoms with Crippen molar-refractivity contribution in [2.75, 3.05) is 5.73 Å². The predicted molar refractivity (Wildman–Crippen MR) is 116 cm³/mol. The number of fused-ring (bicyclic) bond motifs is 5. The Kier molecular flexibility index (Phi) is 3.91. The highest BCUT2D eigenvalue weighted by atomic mass is 32.2. The van der Waals surface area contributed by atoms with Crippen molar-refractivity contribution < 1.29 is 12.8 Å². The van der Waals surface area contributed by atoms with E-state index in [9.17, 15) is 13.2 Å². The number of rotatable bonds is 2. The molecule has 3 aromatic carbocycles. The van der Waals surface area contributed by atoms with E-state index in [0.29, 0.717) is 16.5 Å². The topological polar surface area (TPSA) is 103 Å². The third-order valence-corrected chi connectivity index (χ3v) is 7.22. The largest absolute Gasteiger partial charge is 0.422 e. The standard InChI is InChI=1S/C23H16N2O4S/c1-13-18-20(25-22(24)21(13)30(27,28)15-8-3-2-4-9-15)19-16-10-6-5-7-14(16)11-12-17(19)29-23(18)26/h2-12H,1H3,(H2,24,25). The summed E-state index contributed by atoms with van der Waals surface area (Å²) < 4.78 is 32.1. The lowest BCUT2D eigenvalue weighted by Crippen LogP contribution is -2.13. The number of hydrogen-bond donors (Lipinski definition) is 1.